The molecule has 5 aromatic rings. The number of hydrogen-bond acceptors (Lipinski definition) is 9. The van der Waals surface area contributed by atoms with Crippen molar-refractivity contribution in [3.8, 4) is 22.8 Å². The molecule has 1 aliphatic rings. The van der Waals surface area contributed by atoms with E-state index in [0.717, 1.165) is 58.9 Å². The first-order chi connectivity index (χ1) is 18.0. The third-order valence-corrected chi connectivity index (χ3v) is 6.74. The fourth-order valence-electron chi connectivity index (χ4n) is 4.88. The first-order valence-corrected chi connectivity index (χ1v) is 12.4. The molecule has 0 atom stereocenters. The van der Waals surface area contributed by atoms with Crippen molar-refractivity contribution in [1.82, 2.24) is 19.9 Å². The largest absolute Gasteiger partial charge is 0.495 e. The highest BCUT2D eigenvalue weighted by molar-refractivity contribution is 5.99. The van der Waals surface area contributed by atoms with Crippen molar-refractivity contribution in [2.75, 3.05) is 12.4 Å². The quantitative estimate of drug-likeness (QED) is 0.225. The molecular weight excluding hydrogens is 470 g/mol. The van der Waals surface area contributed by atoms with Crippen LogP contribution >= 0.6 is 0 Å². The zero-order valence-corrected chi connectivity index (χ0v) is 20.7. The van der Waals surface area contributed by atoms with E-state index in [4.69, 9.17) is 35.3 Å². The highest BCUT2D eigenvalue weighted by Gasteiger charge is 2.23. The monoisotopic (exact) mass is 499 g/mol. The molecule has 0 aliphatic heterocycles. The van der Waals surface area contributed by atoms with E-state index >= 15 is 0 Å². The number of anilines is 2. The first-order valence-electron chi connectivity index (χ1n) is 12.4. The molecule has 2 aromatic carbocycles. The van der Waals surface area contributed by atoms with E-state index < -0.39 is 6.17 Å². The van der Waals surface area contributed by atoms with Gasteiger partial charge >= 0.3 is 0 Å². The minimum Gasteiger partial charge on any atom is -0.495 e. The minimum absolute atomic E-state index is 0.118. The Labute approximate surface area is 213 Å². The summed E-state index contributed by atoms with van der Waals surface area (Å²) in [5, 5.41) is 4.09. The lowest BCUT2D eigenvalue weighted by Crippen LogP contribution is -2.20. The number of hydrogen-bond donors (Lipinski definition) is 4. The number of fused-ring (bicyclic) bond motifs is 2. The maximum Gasteiger partial charge on any atom is 0.232 e. The molecule has 10 nitrogen and oxygen atoms in total. The lowest BCUT2D eigenvalue weighted by Gasteiger charge is -2.16. The average molecular weight is 500 g/mol. The zero-order chi connectivity index (χ0) is 25.5. The Balaban J connectivity index is 1.43. The fourth-order valence-corrected chi connectivity index (χ4v) is 4.88. The second-order valence-electron chi connectivity index (χ2n) is 9.33. The molecule has 1 fully saturated rings. The summed E-state index contributed by atoms with van der Waals surface area (Å²) in [6.45, 7) is 1.84. The standard InChI is InChI=1S/C27H29N7O3/c1-14-31-20-9-7-15(11-22(20)36-14)18-13-30-25-23(18)26(37-17-5-3-4-6-17)34-27(33-25)32-19-10-8-16(24(28)29)12-21(19)35-2/h7-13,17,24H,3-6,28-29H2,1-2H3,(H2,30,32,33,34). The van der Waals surface area contributed by atoms with Crippen molar-refractivity contribution in [3.63, 3.8) is 0 Å². The number of H-pyrrole nitrogens is 1. The molecule has 37 heavy (non-hydrogen) atoms. The molecule has 3 aromatic heterocycles. The van der Waals surface area contributed by atoms with Crippen molar-refractivity contribution in [3.05, 3.63) is 54.0 Å². The molecule has 0 spiro atoms. The van der Waals surface area contributed by atoms with Crippen LogP contribution in [0.1, 0.15) is 43.3 Å². The van der Waals surface area contributed by atoms with Gasteiger partial charge in [0.25, 0.3) is 0 Å². The molecule has 3 heterocycles. The molecule has 6 rings (SSSR count). The van der Waals surface area contributed by atoms with Gasteiger partial charge in [-0.1, -0.05) is 12.1 Å². The first kappa shape index (κ1) is 23.3. The Hall–Kier alpha value is -4.15. The SMILES string of the molecule is COc1cc(C(N)N)ccc1Nc1nc(OC2CCCC2)c2c(-c3ccc4nc(C)oc4c3)c[nH]c2n1. The van der Waals surface area contributed by atoms with E-state index in [-0.39, 0.29) is 6.10 Å². The number of nitrogens with two attached hydrogens (primary N) is 2. The Kier molecular flexibility index (Phi) is 5.90. The normalized spacial score (nSPS) is 14.2. The van der Waals surface area contributed by atoms with Gasteiger partial charge in [-0.05, 0) is 61.1 Å². The number of aryl methyl sites for hydroxylation is 1. The highest BCUT2D eigenvalue weighted by Crippen LogP contribution is 2.38. The summed E-state index contributed by atoms with van der Waals surface area (Å²) >= 11 is 0. The van der Waals surface area contributed by atoms with Crippen LogP contribution in [-0.4, -0.2) is 33.1 Å². The van der Waals surface area contributed by atoms with Crippen LogP contribution in [0.25, 0.3) is 33.3 Å². The summed E-state index contributed by atoms with van der Waals surface area (Å²) in [7, 11) is 1.59. The van der Waals surface area contributed by atoms with E-state index in [1.807, 2.05) is 43.5 Å². The Morgan fingerprint density at radius 2 is 1.92 bits per heavy atom. The van der Waals surface area contributed by atoms with Crippen molar-refractivity contribution in [1.29, 1.82) is 0 Å². The lowest BCUT2D eigenvalue weighted by molar-refractivity contribution is 0.204. The number of aromatic amines is 1. The van der Waals surface area contributed by atoms with Crippen LogP contribution in [0.3, 0.4) is 0 Å². The molecule has 0 unspecified atom stereocenters. The molecule has 0 bridgehead atoms. The lowest BCUT2D eigenvalue weighted by atomic mass is 10.1. The number of oxazole rings is 1. The van der Waals surface area contributed by atoms with Gasteiger partial charge < -0.3 is 35.7 Å². The summed E-state index contributed by atoms with van der Waals surface area (Å²) < 4.78 is 17.8. The van der Waals surface area contributed by atoms with Crippen molar-refractivity contribution in [2.45, 2.75) is 44.9 Å². The van der Waals surface area contributed by atoms with Gasteiger partial charge in [0.15, 0.2) is 11.5 Å². The molecule has 6 N–H and O–H groups in total. The van der Waals surface area contributed by atoms with Gasteiger partial charge in [0.2, 0.25) is 11.8 Å². The Morgan fingerprint density at radius 3 is 2.70 bits per heavy atom. The summed E-state index contributed by atoms with van der Waals surface area (Å²) in [6, 6.07) is 11.5. The zero-order valence-electron chi connectivity index (χ0n) is 20.7. The maximum atomic E-state index is 6.47. The Bertz CT molecular complexity index is 1580. The predicted octanol–water partition coefficient (Wildman–Crippen LogP) is 5.06. The average Bonchev–Trinajstić information content (AvgIpc) is 3.63. The van der Waals surface area contributed by atoms with Gasteiger partial charge in [0.1, 0.15) is 23.0 Å². The smallest absolute Gasteiger partial charge is 0.232 e. The van der Waals surface area contributed by atoms with E-state index in [9.17, 15) is 0 Å². The van der Waals surface area contributed by atoms with E-state index in [1.54, 1.807) is 13.2 Å². The number of benzene rings is 2. The minimum atomic E-state index is -0.598. The highest BCUT2D eigenvalue weighted by atomic mass is 16.5. The van der Waals surface area contributed by atoms with Gasteiger partial charge in [-0.25, -0.2) is 4.98 Å². The van der Waals surface area contributed by atoms with Crippen LogP contribution in [0.2, 0.25) is 0 Å². The second-order valence-corrected chi connectivity index (χ2v) is 9.33. The van der Waals surface area contributed by atoms with Crippen LogP contribution in [0, 0.1) is 6.92 Å². The predicted molar refractivity (Wildman–Crippen MR) is 142 cm³/mol. The third kappa shape index (κ3) is 4.45. The number of aromatic nitrogens is 4. The number of ether oxygens (including phenoxy) is 2. The second kappa shape index (κ2) is 9.38. The van der Waals surface area contributed by atoms with Crippen LogP contribution < -0.4 is 26.3 Å². The van der Waals surface area contributed by atoms with E-state index in [2.05, 4.69) is 15.3 Å². The van der Waals surface area contributed by atoms with Crippen LogP contribution in [-0.2, 0) is 0 Å². The molecule has 10 heteroatoms. The molecule has 0 radical (unpaired) electrons. The fraction of sp³-hybridized carbons (Fsp3) is 0.296. The molecule has 0 amide bonds. The van der Waals surface area contributed by atoms with Gasteiger partial charge in [0, 0.05) is 18.7 Å². The van der Waals surface area contributed by atoms with Crippen molar-refractivity contribution < 1.29 is 13.9 Å². The molecule has 1 aliphatic carbocycles. The number of nitrogens with one attached hydrogen (secondary N) is 2. The summed E-state index contributed by atoms with van der Waals surface area (Å²) in [4.78, 5) is 17.3. The number of methoxy groups -OCH3 is 1. The topological polar surface area (TPSA) is 150 Å². The van der Waals surface area contributed by atoms with Crippen LogP contribution in [0.5, 0.6) is 11.6 Å². The molecular formula is C27H29N7O3. The van der Waals surface area contributed by atoms with Crippen molar-refractivity contribution >= 4 is 33.8 Å². The third-order valence-electron chi connectivity index (χ3n) is 6.74. The van der Waals surface area contributed by atoms with Crippen molar-refractivity contribution in [2.24, 2.45) is 11.5 Å². The van der Waals surface area contributed by atoms with Gasteiger partial charge in [0.05, 0.1) is 24.3 Å². The van der Waals surface area contributed by atoms with Crippen LogP contribution in [0.4, 0.5) is 11.6 Å². The van der Waals surface area contributed by atoms with Gasteiger partial charge in [-0.15, -0.1) is 0 Å². The van der Waals surface area contributed by atoms with Gasteiger partial charge in [-0.3, -0.25) is 0 Å². The number of nitrogens with zero attached hydrogens (tertiary/aromatic N) is 3. The summed E-state index contributed by atoms with van der Waals surface area (Å²) in [6.07, 6.45) is 5.76. The molecule has 190 valence electrons. The van der Waals surface area contributed by atoms with E-state index in [0.29, 0.717) is 34.8 Å². The molecule has 0 saturated heterocycles. The van der Waals surface area contributed by atoms with Crippen LogP contribution in [0.15, 0.2) is 47.0 Å². The summed E-state index contributed by atoms with van der Waals surface area (Å²) in [5.74, 6) is 2.14. The molecule has 1 saturated carbocycles. The Morgan fingerprint density at radius 1 is 1.08 bits per heavy atom. The van der Waals surface area contributed by atoms with Gasteiger partial charge in [-0.2, -0.15) is 9.97 Å². The van der Waals surface area contributed by atoms with E-state index in [1.165, 1.54) is 0 Å². The maximum absolute atomic E-state index is 6.47. The summed E-state index contributed by atoms with van der Waals surface area (Å²) in [5.41, 5.74) is 17.2. The number of rotatable bonds is 7.